The molecule has 20 heavy (non-hydrogen) atoms. The van der Waals surface area contributed by atoms with Crippen molar-refractivity contribution in [2.24, 2.45) is 0 Å². The van der Waals surface area contributed by atoms with Gasteiger partial charge in [-0.3, -0.25) is 4.57 Å². The van der Waals surface area contributed by atoms with Crippen molar-refractivity contribution in [3.8, 4) is 11.8 Å². The molecule has 3 rings (SSSR count). The smallest absolute Gasteiger partial charge is 0.145 e. The second-order valence-electron chi connectivity index (χ2n) is 4.19. The van der Waals surface area contributed by atoms with Crippen LogP contribution in [0.25, 0.3) is 5.70 Å². The first kappa shape index (κ1) is 13.2. The lowest BCUT2D eigenvalue weighted by Crippen LogP contribution is -1.93. The summed E-state index contributed by atoms with van der Waals surface area (Å²) in [6.07, 6.45) is 5.04. The highest BCUT2D eigenvalue weighted by atomic mass is 32.2. The van der Waals surface area contributed by atoms with Gasteiger partial charge in [-0.15, -0.1) is 23.5 Å². The van der Waals surface area contributed by atoms with Crippen LogP contribution in [-0.4, -0.2) is 20.4 Å². The number of aromatic hydroxyl groups is 1. The normalized spacial score (nSPS) is 20.6. The predicted molar refractivity (Wildman–Crippen MR) is 82.0 cm³/mol. The quantitative estimate of drug-likeness (QED) is 0.861. The number of allylic oxidation sites excluding steroid dienone is 1. The number of para-hydroxylation sites is 1. The predicted octanol–water partition coefficient (Wildman–Crippen LogP) is 3.46. The van der Waals surface area contributed by atoms with Crippen LogP contribution < -0.4 is 0 Å². The molecule has 1 aliphatic rings. The zero-order valence-corrected chi connectivity index (χ0v) is 12.1. The summed E-state index contributed by atoms with van der Waals surface area (Å²) >= 11 is 3.27. The number of imidazole rings is 1. The van der Waals surface area contributed by atoms with E-state index < -0.39 is 0 Å². The average Bonchev–Trinajstić information content (AvgIpc) is 3.12. The lowest BCUT2D eigenvalue weighted by molar-refractivity contribution is 0.468. The van der Waals surface area contributed by atoms with Gasteiger partial charge >= 0.3 is 0 Å². The second kappa shape index (κ2) is 5.65. The fraction of sp³-hybridized carbons (Fsp3) is 0.143. The first-order valence-electron chi connectivity index (χ1n) is 5.99. The van der Waals surface area contributed by atoms with Gasteiger partial charge in [-0.05, 0) is 6.07 Å². The van der Waals surface area contributed by atoms with Crippen molar-refractivity contribution in [3.05, 3.63) is 52.8 Å². The zero-order chi connectivity index (χ0) is 13.9. The number of thioether (sulfide) groups is 2. The Hall–Kier alpha value is -1.84. The van der Waals surface area contributed by atoms with Gasteiger partial charge in [0.1, 0.15) is 17.5 Å². The van der Waals surface area contributed by atoms with Crippen molar-refractivity contribution in [1.82, 2.24) is 9.55 Å². The van der Waals surface area contributed by atoms with Gasteiger partial charge in [0.05, 0.1) is 10.6 Å². The monoisotopic (exact) mass is 301 g/mol. The summed E-state index contributed by atoms with van der Waals surface area (Å²) in [5.41, 5.74) is 1.51. The van der Waals surface area contributed by atoms with Crippen molar-refractivity contribution in [2.75, 3.05) is 5.75 Å². The van der Waals surface area contributed by atoms with Crippen LogP contribution in [0.4, 0.5) is 0 Å². The number of rotatable bonds is 2. The van der Waals surface area contributed by atoms with E-state index in [2.05, 4.69) is 11.1 Å². The van der Waals surface area contributed by atoms with Crippen LogP contribution in [0.3, 0.4) is 0 Å². The molecule has 0 spiro atoms. The van der Waals surface area contributed by atoms with Crippen LogP contribution in [0.1, 0.15) is 10.8 Å². The fourth-order valence-corrected chi connectivity index (χ4v) is 4.90. The molecule has 1 unspecified atom stereocenters. The van der Waals surface area contributed by atoms with Crippen LogP contribution in [0.5, 0.6) is 5.75 Å². The van der Waals surface area contributed by atoms with Crippen molar-refractivity contribution in [2.45, 2.75) is 5.25 Å². The molecule has 1 atom stereocenters. The minimum absolute atomic E-state index is 0.170. The first-order chi connectivity index (χ1) is 9.79. The van der Waals surface area contributed by atoms with Gasteiger partial charge in [-0.1, -0.05) is 18.2 Å². The van der Waals surface area contributed by atoms with Crippen molar-refractivity contribution in [3.63, 3.8) is 0 Å². The van der Waals surface area contributed by atoms with Crippen LogP contribution in [0, 0.1) is 11.3 Å². The maximum Gasteiger partial charge on any atom is 0.145 e. The maximum atomic E-state index is 9.92. The van der Waals surface area contributed by atoms with E-state index >= 15 is 0 Å². The molecule has 1 aromatic heterocycles. The third kappa shape index (κ3) is 2.42. The molecule has 4 nitrogen and oxygen atoms in total. The fourth-order valence-electron chi connectivity index (χ4n) is 1.99. The summed E-state index contributed by atoms with van der Waals surface area (Å²) in [5, 5.41) is 19.4. The third-order valence-electron chi connectivity index (χ3n) is 2.96. The van der Waals surface area contributed by atoms with Gasteiger partial charge in [-0.25, -0.2) is 4.98 Å². The van der Waals surface area contributed by atoms with Crippen LogP contribution in [0.15, 0.2) is 47.2 Å². The zero-order valence-electron chi connectivity index (χ0n) is 10.4. The molecule has 0 saturated carbocycles. The maximum absolute atomic E-state index is 9.92. The minimum Gasteiger partial charge on any atom is -0.508 e. The summed E-state index contributed by atoms with van der Waals surface area (Å²) in [6.45, 7) is 0. The largest absolute Gasteiger partial charge is 0.508 e. The number of hydrogen-bond donors (Lipinski definition) is 1. The molecular formula is C14H11N3OS2. The summed E-state index contributed by atoms with van der Waals surface area (Å²) < 4.78 is 2.70. The Labute approximate surface area is 125 Å². The number of phenolic OH excluding ortho intramolecular Hbond substituents is 1. The van der Waals surface area contributed by atoms with E-state index in [0.717, 1.165) is 15.6 Å². The second-order valence-corrected chi connectivity index (χ2v) is 6.70. The Morgan fingerprint density at radius 1 is 1.45 bits per heavy atom. The lowest BCUT2D eigenvalue weighted by Gasteiger charge is -2.09. The molecule has 2 aromatic rings. The summed E-state index contributed by atoms with van der Waals surface area (Å²) in [5.74, 6) is 1.16. The van der Waals surface area contributed by atoms with Crippen molar-refractivity contribution < 1.29 is 5.11 Å². The lowest BCUT2D eigenvalue weighted by atomic mass is 10.1. The Morgan fingerprint density at radius 2 is 2.30 bits per heavy atom. The number of nitrogens with zero attached hydrogens (tertiary/aromatic N) is 3. The molecule has 1 aromatic carbocycles. The molecule has 0 aliphatic carbocycles. The number of hydrogen-bond acceptors (Lipinski definition) is 5. The number of benzene rings is 1. The summed E-state index contributed by atoms with van der Waals surface area (Å²) in [4.78, 5) is 3.97. The van der Waals surface area contributed by atoms with Crippen molar-refractivity contribution >= 4 is 29.2 Å². The highest BCUT2D eigenvalue weighted by molar-refractivity contribution is 8.25. The first-order valence-corrected chi connectivity index (χ1v) is 7.86. The third-order valence-corrected chi connectivity index (χ3v) is 5.88. The van der Waals surface area contributed by atoms with E-state index in [1.165, 1.54) is 0 Å². The highest BCUT2D eigenvalue weighted by Gasteiger charge is 2.27. The van der Waals surface area contributed by atoms with E-state index in [9.17, 15) is 10.4 Å². The molecule has 1 aliphatic heterocycles. The molecule has 2 heterocycles. The molecule has 0 bridgehead atoms. The molecule has 0 amide bonds. The van der Waals surface area contributed by atoms with E-state index in [1.807, 2.05) is 18.2 Å². The molecule has 1 saturated heterocycles. The van der Waals surface area contributed by atoms with Crippen LogP contribution in [-0.2, 0) is 0 Å². The van der Waals surface area contributed by atoms with Gasteiger partial charge in [0.15, 0.2) is 0 Å². The molecule has 100 valence electrons. The molecule has 6 heteroatoms. The highest BCUT2D eigenvalue weighted by Crippen LogP contribution is 2.53. The van der Waals surface area contributed by atoms with Gasteiger partial charge in [0, 0.05) is 29.0 Å². The Bertz CT molecular complexity index is 689. The molecule has 1 fully saturated rings. The van der Waals surface area contributed by atoms with E-state index in [0.29, 0.717) is 11.4 Å². The molecule has 0 radical (unpaired) electrons. The molecule has 1 N–H and O–H groups in total. The summed E-state index contributed by atoms with van der Waals surface area (Å²) in [6, 6.07) is 9.59. The SMILES string of the molecule is N#C/C(=C1/SCC(c2ccccc2O)S1)n1ccnc1. The average molecular weight is 301 g/mol. The van der Waals surface area contributed by atoms with Gasteiger partial charge in [-0.2, -0.15) is 5.26 Å². The molecular weight excluding hydrogens is 290 g/mol. The number of nitriles is 1. The van der Waals surface area contributed by atoms with Crippen molar-refractivity contribution in [1.29, 1.82) is 5.26 Å². The Balaban J connectivity index is 1.90. The van der Waals surface area contributed by atoms with Gasteiger partial charge < -0.3 is 5.11 Å². The number of phenols is 1. The number of aromatic nitrogens is 2. The standard InChI is InChI=1S/C14H11N3OS2/c15-7-11(17-6-5-16-9-17)14-19-8-13(20-14)10-3-1-2-4-12(10)18/h1-6,9,13,18H,8H2/b14-11+. The summed E-state index contributed by atoms with van der Waals surface area (Å²) in [7, 11) is 0. The van der Waals surface area contributed by atoms with Gasteiger partial charge in [0.2, 0.25) is 0 Å². The van der Waals surface area contributed by atoms with Gasteiger partial charge in [0.25, 0.3) is 0 Å². The Kier molecular flexibility index (Phi) is 3.72. The van der Waals surface area contributed by atoms with E-state index in [1.54, 1.807) is 52.9 Å². The minimum atomic E-state index is 0.170. The Morgan fingerprint density at radius 3 is 3.00 bits per heavy atom. The van der Waals surface area contributed by atoms with Crippen LogP contribution >= 0.6 is 23.5 Å². The van der Waals surface area contributed by atoms with Crippen LogP contribution in [0.2, 0.25) is 0 Å². The van der Waals surface area contributed by atoms with E-state index in [4.69, 9.17) is 0 Å². The van der Waals surface area contributed by atoms with E-state index in [-0.39, 0.29) is 5.25 Å². The topological polar surface area (TPSA) is 61.8 Å².